The molecule has 1 amide bonds. The third-order valence-electron chi connectivity index (χ3n) is 5.50. The molecule has 0 atom stereocenters. The number of benzene rings is 1. The summed E-state index contributed by atoms with van der Waals surface area (Å²) >= 11 is 0. The SMILES string of the molecule is Cc1[nH]c(=O)c(C(=O)NC2CCN(Cc3ccc(F)cc3)CC2)c(C)c1C. The lowest BCUT2D eigenvalue weighted by Gasteiger charge is -2.32. The van der Waals surface area contributed by atoms with E-state index in [2.05, 4.69) is 15.2 Å². The second kappa shape index (κ2) is 8.05. The van der Waals surface area contributed by atoms with E-state index in [0.717, 1.165) is 54.9 Å². The number of carbonyl (C=O) groups excluding carboxylic acids is 1. The number of piperidine rings is 1. The Hall–Kier alpha value is -2.47. The van der Waals surface area contributed by atoms with Gasteiger partial charge in [-0.2, -0.15) is 0 Å². The Bertz CT molecular complexity index is 882. The van der Waals surface area contributed by atoms with Gasteiger partial charge in [-0.05, 0) is 62.4 Å². The monoisotopic (exact) mass is 371 g/mol. The molecule has 0 saturated carbocycles. The summed E-state index contributed by atoms with van der Waals surface area (Å²) in [6, 6.07) is 6.62. The lowest BCUT2D eigenvalue weighted by atomic mass is 10.0. The summed E-state index contributed by atoms with van der Waals surface area (Å²) in [7, 11) is 0. The van der Waals surface area contributed by atoms with Gasteiger partial charge in [0.05, 0.1) is 0 Å². The molecule has 6 heteroatoms. The van der Waals surface area contributed by atoms with Gasteiger partial charge >= 0.3 is 0 Å². The summed E-state index contributed by atoms with van der Waals surface area (Å²) in [6.45, 7) is 8.04. The number of nitrogens with zero attached hydrogens (tertiary/aromatic N) is 1. The third kappa shape index (κ3) is 4.45. The maximum absolute atomic E-state index is 13.0. The lowest BCUT2D eigenvalue weighted by molar-refractivity contribution is 0.0906. The first-order valence-electron chi connectivity index (χ1n) is 9.33. The zero-order valence-electron chi connectivity index (χ0n) is 16.1. The molecule has 3 rings (SSSR count). The summed E-state index contributed by atoms with van der Waals surface area (Å²) < 4.78 is 13.0. The highest BCUT2D eigenvalue weighted by atomic mass is 19.1. The van der Waals surface area contributed by atoms with Crippen molar-refractivity contribution in [3.05, 3.63) is 68.4 Å². The van der Waals surface area contributed by atoms with E-state index in [1.54, 1.807) is 12.1 Å². The summed E-state index contributed by atoms with van der Waals surface area (Å²) in [4.78, 5) is 29.9. The zero-order valence-corrected chi connectivity index (χ0v) is 16.1. The number of hydrogen-bond donors (Lipinski definition) is 2. The highest BCUT2D eigenvalue weighted by Crippen LogP contribution is 2.16. The average molecular weight is 371 g/mol. The van der Waals surface area contributed by atoms with Gasteiger partial charge in [0.2, 0.25) is 0 Å². The second-order valence-electron chi connectivity index (χ2n) is 7.35. The Labute approximate surface area is 158 Å². The predicted molar refractivity (Wildman–Crippen MR) is 103 cm³/mol. The molecule has 27 heavy (non-hydrogen) atoms. The first-order valence-corrected chi connectivity index (χ1v) is 9.33. The fourth-order valence-electron chi connectivity index (χ4n) is 3.58. The Morgan fingerprint density at radius 1 is 1.15 bits per heavy atom. The van der Waals surface area contributed by atoms with Crippen molar-refractivity contribution in [3.63, 3.8) is 0 Å². The molecule has 1 fully saturated rings. The van der Waals surface area contributed by atoms with E-state index in [0.29, 0.717) is 0 Å². The average Bonchev–Trinajstić information content (AvgIpc) is 2.63. The van der Waals surface area contributed by atoms with Crippen LogP contribution in [-0.4, -0.2) is 34.9 Å². The van der Waals surface area contributed by atoms with Crippen LogP contribution in [0, 0.1) is 26.6 Å². The first kappa shape index (κ1) is 19.3. The van der Waals surface area contributed by atoms with E-state index < -0.39 is 0 Å². The van der Waals surface area contributed by atoms with Gasteiger partial charge < -0.3 is 10.3 Å². The van der Waals surface area contributed by atoms with Crippen LogP contribution in [0.4, 0.5) is 4.39 Å². The topological polar surface area (TPSA) is 65.2 Å². The molecular weight excluding hydrogens is 345 g/mol. The Kier molecular flexibility index (Phi) is 5.75. The van der Waals surface area contributed by atoms with Crippen molar-refractivity contribution in [2.45, 2.75) is 46.2 Å². The highest BCUT2D eigenvalue weighted by molar-refractivity contribution is 5.95. The molecule has 2 aromatic rings. The van der Waals surface area contributed by atoms with Crippen LogP contribution in [0.1, 0.15) is 45.6 Å². The fourth-order valence-corrected chi connectivity index (χ4v) is 3.58. The summed E-state index contributed by atoms with van der Waals surface area (Å²) in [5, 5.41) is 3.02. The summed E-state index contributed by atoms with van der Waals surface area (Å²) in [5.41, 5.74) is 3.43. The van der Waals surface area contributed by atoms with E-state index in [9.17, 15) is 14.0 Å². The first-order chi connectivity index (χ1) is 12.8. The number of rotatable bonds is 4. The molecule has 144 valence electrons. The van der Waals surface area contributed by atoms with Crippen LogP contribution >= 0.6 is 0 Å². The number of amides is 1. The number of aromatic nitrogens is 1. The van der Waals surface area contributed by atoms with Gasteiger partial charge in [-0.3, -0.25) is 14.5 Å². The number of halogens is 1. The molecule has 0 unspecified atom stereocenters. The Morgan fingerprint density at radius 2 is 1.78 bits per heavy atom. The van der Waals surface area contributed by atoms with Crippen molar-refractivity contribution in [1.82, 2.24) is 15.2 Å². The van der Waals surface area contributed by atoms with Crippen molar-refractivity contribution in [3.8, 4) is 0 Å². The number of hydrogen-bond acceptors (Lipinski definition) is 3. The second-order valence-corrected chi connectivity index (χ2v) is 7.35. The fraction of sp³-hybridized carbons (Fsp3) is 0.429. The number of nitrogens with one attached hydrogen (secondary N) is 2. The summed E-state index contributed by atoms with van der Waals surface area (Å²) in [5.74, 6) is -0.523. The highest BCUT2D eigenvalue weighted by Gasteiger charge is 2.24. The van der Waals surface area contributed by atoms with E-state index in [4.69, 9.17) is 0 Å². The van der Waals surface area contributed by atoms with Crippen molar-refractivity contribution in [1.29, 1.82) is 0 Å². The number of likely N-dealkylation sites (tertiary alicyclic amines) is 1. The van der Waals surface area contributed by atoms with Crippen molar-refractivity contribution in [2.75, 3.05) is 13.1 Å². The van der Waals surface area contributed by atoms with Crippen LogP contribution in [0.3, 0.4) is 0 Å². The third-order valence-corrected chi connectivity index (χ3v) is 5.50. The van der Waals surface area contributed by atoms with Gasteiger partial charge in [-0.25, -0.2) is 4.39 Å². The minimum atomic E-state index is -0.332. The quantitative estimate of drug-likeness (QED) is 0.869. The van der Waals surface area contributed by atoms with Crippen LogP contribution in [0.5, 0.6) is 0 Å². The molecular formula is C21H26FN3O2. The molecule has 0 radical (unpaired) electrons. The van der Waals surface area contributed by atoms with E-state index >= 15 is 0 Å². The lowest BCUT2D eigenvalue weighted by Crippen LogP contribution is -2.45. The van der Waals surface area contributed by atoms with E-state index in [-0.39, 0.29) is 28.9 Å². The maximum Gasteiger partial charge on any atom is 0.261 e. The molecule has 1 aromatic heterocycles. The number of carbonyl (C=O) groups is 1. The molecule has 2 N–H and O–H groups in total. The van der Waals surface area contributed by atoms with Gasteiger partial charge in [-0.1, -0.05) is 12.1 Å². The Balaban J connectivity index is 1.58. The van der Waals surface area contributed by atoms with E-state index in [1.807, 2.05) is 20.8 Å². The molecule has 2 heterocycles. The van der Waals surface area contributed by atoms with Gasteiger partial charge in [0.1, 0.15) is 11.4 Å². The molecule has 1 aromatic carbocycles. The van der Waals surface area contributed by atoms with Crippen LogP contribution in [-0.2, 0) is 6.54 Å². The zero-order chi connectivity index (χ0) is 19.6. The van der Waals surface area contributed by atoms with Gasteiger partial charge in [0.25, 0.3) is 11.5 Å². The van der Waals surface area contributed by atoms with Gasteiger partial charge in [-0.15, -0.1) is 0 Å². The number of aromatic amines is 1. The van der Waals surface area contributed by atoms with Crippen molar-refractivity contribution < 1.29 is 9.18 Å². The van der Waals surface area contributed by atoms with E-state index in [1.165, 1.54) is 12.1 Å². The largest absolute Gasteiger partial charge is 0.349 e. The minimum Gasteiger partial charge on any atom is -0.349 e. The predicted octanol–water partition coefficient (Wildman–Crippen LogP) is 2.83. The summed E-state index contributed by atoms with van der Waals surface area (Å²) in [6.07, 6.45) is 1.66. The molecule has 1 aliphatic heterocycles. The molecule has 0 aliphatic carbocycles. The smallest absolute Gasteiger partial charge is 0.261 e. The van der Waals surface area contributed by atoms with Gasteiger partial charge in [0, 0.05) is 31.4 Å². The van der Waals surface area contributed by atoms with Crippen molar-refractivity contribution >= 4 is 5.91 Å². The number of aryl methyl sites for hydroxylation is 1. The van der Waals surface area contributed by atoms with Crippen molar-refractivity contribution in [2.24, 2.45) is 0 Å². The minimum absolute atomic E-state index is 0.0578. The number of pyridine rings is 1. The van der Waals surface area contributed by atoms with Crippen LogP contribution in [0.25, 0.3) is 0 Å². The van der Waals surface area contributed by atoms with Gasteiger partial charge in [0.15, 0.2) is 0 Å². The molecule has 0 bridgehead atoms. The molecule has 5 nitrogen and oxygen atoms in total. The maximum atomic E-state index is 13.0. The van der Waals surface area contributed by atoms with Crippen LogP contribution in [0.15, 0.2) is 29.1 Å². The molecule has 0 spiro atoms. The standard InChI is InChI=1S/C21H26FN3O2/c1-13-14(2)19(20(26)23-15(13)3)21(27)24-18-8-10-25(11-9-18)12-16-4-6-17(22)7-5-16/h4-7,18H,8-12H2,1-3H3,(H,23,26)(H,24,27). The van der Waals surface area contributed by atoms with Crippen LogP contribution in [0.2, 0.25) is 0 Å². The molecule has 1 aliphatic rings. The normalized spacial score (nSPS) is 15.7. The van der Waals surface area contributed by atoms with Crippen LogP contribution < -0.4 is 10.9 Å². The number of H-pyrrole nitrogens is 1. The molecule has 1 saturated heterocycles. The Morgan fingerprint density at radius 3 is 2.41 bits per heavy atom.